The summed E-state index contributed by atoms with van der Waals surface area (Å²) < 4.78 is 28.9. The SMILES string of the molecule is Cc1cc(C(F)(F)C(=O)N2CCC3(CCCC3CN)CC2)cs1. The largest absolute Gasteiger partial charge is 0.350 e. The second kappa shape index (κ2) is 6.13. The van der Waals surface area contributed by atoms with E-state index in [1.165, 1.54) is 34.1 Å². The van der Waals surface area contributed by atoms with Crippen LogP contribution in [-0.4, -0.2) is 30.4 Å². The average Bonchev–Trinajstić information content (AvgIpc) is 3.14. The van der Waals surface area contributed by atoms with Crippen LogP contribution >= 0.6 is 11.3 Å². The molecule has 0 bridgehead atoms. The van der Waals surface area contributed by atoms with Gasteiger partial charge in [0, 0.05) is 28.9 Å². The molecule has 1 aromatic rings. The van der Waals surface area contributed by atoms with E-state index < -0.39 is 11.8 Å². The molecule has 6 heteroatoms. The molecule has 2 aliphatic rings. The van der Waals surface area contributed by atoms with E-state index in [0.29, 0.717) is 25.6 Å². The second-order valence-electron chi connectivity index (χ2n) is 7.00. The standard InChI is InChI=1S/C17H24F2N2OS/c1-12-9-14(11-23-12)17(18,19)15(22)21-7-5-16(6-8-21)4-2-3-13(16)10-20/h9,11,13H,2-8,10,20H2,1H3. The van der Waals surface area contributed by atoms with E-state index in [1.54, 1.807) is 6.92 Å². The van der Waals surface area contributed by atoms with Crippen LogP contribution in [0.2, 0.25) is 0 Å². The summed E-state index contributed by atoms with van der Waals surface area (Å²) in [7, 11) is 0. The van der Waals surface area contributed by atoms with Gasteiger partial charge in [-0.05, 0) is 56.6 Å². The van der Waals surface area contributed by atoms with Crippen LogP contribution in [0.3, 0.4) is 0 Å². The monoisotopic (exact) mass is 342 g/mol. The van der Waals surface area contributed by atoms with E-state index in [0.717, 1.165) is 30.6 Å². The van der Waals surface area contributed by atoms with Crippen molar-refractivity contribution in [3.05, 3.63) is 21.9 Å². The van der Waals surface area contributed by atoms with Crippen LogP contribution in [0.25, 0.3) is 0 Å². The highest BCUT2D eigenvalue weighted by Crippen LogP contribution is 2.50. The highest BCUT2D eigenvalue weighted by atomic mass is 32.1. The first kappa shape index (κ1) is 16.8. The van der Waals surface area contributed by atoms with Gasteiger partial charge in [0.25, 0.3) is 5.91 Å². The number of nitrogens with two attached hydrogens (primary N) is 1. The van der Waals surface area contributed by atoms with Gasteiger partial charge < -0.3 is 10.6 Å². The van der Waals surface area contributed by atoms with Gasteiger partial charge in [-0.3, -0.25) is 4.79 Å². The Hall–Kier alpha value is -1.01. The third-order valence-corrected chi connectivity index (χ3v) is 6.65. The van der Waals surface area contributed by atoms with Gasteiger partial charge in [-0.2, -0.15) is 8.78 Å². The van der Waals surface area contributed by atoms with Crippen molar-refractivity contribution in [1.29, 1.82) is 0 Å². The quantitative estimate of drug-likeness (QED) is 0.914. The van der Waals surface area contributed by atoms with Gasteiger partial charge in [-0.15, -0.1) is 11.3 Å². The van der Waals surface area contributed by atoms with Gasteiger partial charge in [-0.1, -0.05) is 6.42 Å². The Balaban J connectivity index is 1.68. The van der Waals surface area contributed by atoms with Gasteiger partial charge in [0.2, 0.25) is 0 Å². The van der Waals surface area contributed by atoms with Crippen molar-refractivity contribution in [2.75, 3.05) is 19.6 Å². The Kier molecular flexibility index (Phi) is 4.49. The minimum Gasteiger partial charge on any atom is -0.337 e. The molecule has 23 heavy (non-hydrogen) atoms. The van der Waals surface area contributed by atoms with Crippen LogP contribution in [0.4, 0.5) is 8.78 Å². The Morgan fingerprint density at radius 2 is 2.13 bits per heavy atom. The number of halogens is 2. The Labute approximate surface area is 139 Å². The molecular formula is C17H24F2N2OS. The van der Waals surface area contributed by atoms with Gasteiger partial charge in [0.1, 0.15) is 0 Å². The maximum absolute atomic E-state index is 14.5. The first-order chi connectivity index (χ1) is 10.9. The van der Waals surface area contributed by atoms with E-state index in [2.05, 4.69) is 0 Å². The van der Waals surface area contributed by atoms with Crippen molar-refractivity contribution in [1.82, 2.24) is 4.90 Å². The predicted molar refractivity (Wildman–Crippen MR) is 87.6 cm³/mol. The van der Waals surface area contributed by atoms with Gasteiger partial charge >= 0.3 is 5.92 Å². The first-order valence-electron chi connectivity index (χ1n) is 8.32. The topological polar surface area (TPSA) is 46.3 Å². The van der Waals surface area contributed by atoms with Crippen molar-refractivity contribution in [3.8, 4) is 0 Å². The first-order valence-corrected chi connectivity index (χ1v) is 9.20. The number of alkyl halides is 2. The number of carbonyl (C=O) groups excluding carboxylic acids is 1. The number of hydrogen-bond donors (Lipinski definition) is 1. The maximum atomic E-state index is 14.5. The van der Waals surface area contributed by atoms with Crippen LogP contribution in [0.5, 0.6) is 0 Å². The summed E-state index contributed by atoms with van der Waals surface area (Å²) in [5, 5.41) is 1.39. The lowest BCUT2D eigenvalue weighted by atomic mass is 9.70. The molecule has 3 rings (SSSR count). The molecule has 1 unspecified atom stereocenters. The molecule has 1 saturated heterocycles. The smallest absolute Gasteiger partial charge is 0.337 e. The summed E-state index contributed by atoms with van der Waals surface area (Å²) in [5.41, 5.74) is 5.89. The molecule has 0 aromatic carbocycles. The van der Waals surface area contributed by atoms with E-state index in [9.17, 15) is 13.6 Å². The van der Waals surface area contributed by atoms with Gasteiger partial charge in [0.15, 0.2) is 0 Å². The van der Waals surface area contributed by atoms with Crippen LogP contribution in [0.1, 0.15) is 42.5 Å². The molecule has 1 spiro atoms. The number of aryl methyl sites for hydroxylation is 1. The van der Waals surface area contributed by atoms with Crippen molar-refractivity contribution in [2.45, 2.75) is 45.0 Å². The number of nitrogens with zero attached hydrogens (tertiary/aromatic N) is 1. The maximum Gasteiger partial charge on any atom is 0.350 e. The van der Waals surface area contributed by atoms with E-state index in [-0.39, 0.29) is 11.0 Å². The van der Waals surface area contributed by atoms with Crippen LogP contribution in [0.15, 0.2) is 11.4 Å². The zero-order valence-corrected chi connectivity index (χ0v) is 14.3. The lowest BCUT2D eigenvalue weighted by Crippen LogP contribution is -2.49. The molecule has 1 amide bonds. The number of amides is 1. The van der Waals surface area contributed by atoms with Crippen LogP contribution in [0, 0.1) is 18.3 Å². The van der Waals surface area contributed by atoms with E-state index in [4.69, 9.17) is 5.73 Å². The Morgan fingerprint density at radius 1 is 1.43 bits per heavy atom. The summed E-state index contributed by atoms with van der Waals surface area (Å²) in [6.07, 6.45) is 5.03. The molecule has 2 fully saturated rings. The molecule has 128 valence electrons. The fourth-order valence-electron chi connectivity index (χ4n) is 4.32. The fraction of sp³-hybridized carbons (Fsp3) is 0.706. The third kappa shape index (κ3) is 2.91. The van der Waals surface area contributed by atoms with Crippen molar-refractivity contribution in [2.24, 2.45) is 17.1 Å². The molecule has 1 aromatic heterocycles. The second-order valence-corrected chi connectivity index (χ2v) is 8.12. The summed E-state index contributed by atoms with van der Waals surface area (Å²) in [6, 6.07) is 1.41. The van der Waals surface area contributed by atoms with Gasteiger partial charge in [-0.25, -0.2) is 0 Å². The number of rotatable bonds is 3. The molecule has 1 saturated carbocycles. The highest BCUT2D eigenvalue weighted by molar-refractivity contribution is 7.10. The zero-order chi connectivity index (χ0) is 16.7. The predicted octanol–water partition coefficient (Wildman–Crippen LogP) is 3.52. The number of thiophene rings is 1. The number of carbonyl (C=O) groups is 1. The van der Waals surface area contributed by atoms with Crippen LogP contribution in [-0.2, 0) is 10.7 Å². The van der Waals surface area contributed by atoms with E-state index in [1.807, 2.05) is 0 Å². The van der Waals surface area contributed by atoms with Crippen LogP contribution < -0.4 is 5.73 Å². The molecular weight excluding hydrogens is 318 g/mol. The Morgan fingerprint density at radius 3 is 2.70 bits per heavy atom. The molecule has 1 atom stereocenters. The number of hydrogen-bond acceptors (Lipinski definition) is 3. The molecule has 2 N–H and O–H groups in total. The third-order valence-electron chi connectivity index (χ3n) is 5.79. The lowest BCUT2D eigenvalue weighted by Gasteiger charge is -2.43. The number of likely N-dealkylation sites (tertiary alicyclic amines) is 1. The van der Waals surface area contributed by atoms with E-state index >= 15 is 0 Å². The summed E-state index contributed by atoms with van der Waals surface area (Å²) in [4.78, 5) is 14.5. The van der Waals surface area contributed by atoms with Crippen molar-refractivity contribution < 1.29 is 13.6 Å². The van der Waals surface area contributed by atoms with Crippen molar-refractivity contribution >= 4 is 17.2 Å². The average molecular weight is 342 g/mol. The van der Waals surface area contributed by atoms with Gasteiger partial charge in [0.05, 0.1) is 0 Å². The molecule has 3 nitrogen and oxygen atoms in total. The zero-order valence-electron chi connectivity index (χ0n) is 13.5. The fourth-order valence-corrected chi connectivity index (χ4v) is 5.05. The summed E-state index contributed by atoms with van der Waals surface area (Å²) >= 11 is 1.25. The molecule has 1 aliphatic heterocycles. The highest BCUT2D eigenvalue weighted by Gasteiger charge is 2.49. The summed E-state index contributed by atoms with van der Waals surface area (Å²) in [5.74, 6) is -3.98. The summed E-state index contributed by atoms with van der Waals surface area (Å²) in [6.45, 7) is 3.28. The van der Waals surface area contributed by atoms with Crippen molar-refractivity contribution in [3.63, 3.8) is 0 Å². The molecule has 1 aliphatic carbocycles. The molecule has 0 radical (unpaired) electrons. The normalized spacial score (nSPS) is 24.3. The minimum atomic E-state index is -3.42. The molecule has 2 heterocycles. The number of piperidine rings is 1. The lowest BCUT2D eigenvalue weighted by molar-refractivity contribution is -0.161. The Bertz CT molecular complexity index is 579. The minimum absolute atomic E-state index is 0.175.